The van der Waals surface area contributed by atoms with Crippen LogP contribution in [0.4, 0.5) is 5.69 Å². The van der Waals surface area contributed by atoms with Crippen LogP contribution < -0.4 is 9.47 Å². The molecule has 0 aliphatic carbocycles. The summed E-state index contributed by atoms with van der Waals surface area (Å²) in [5.74, 6) is 1.41. The first-order chi connectivity index (χ1) is 19.3. The highest BCUT2D eigenvalue weighted by molar-refractivity contribution is 6.24. The van der Waals surface area contributed by atoms with E-state index in [0.29, 0.717) is 5.75 Å². The average Bonchev–Trinajstić information content (AvgIpc) is 3.42. The number of aliphatic imine (C=N–C) groups is 1. The number of benzene rings is 5. The largest absolute Gasteiger partial charge is 0.496 e. The Bertz CT molecular complexity index is 1740. The predicted molar refractivity (Wildman–Crippen MR) is 160 cm³/mol. The van der Waals surface area contributed by atoms with E-state index in [0.717, 1.165) is 61.6 Å². The summed E-state index contributed by atoms with van der Waals surface area (Å²) in [5.41, 5.74) is 8.71. The summed E-state index contributed by atoms with van der Waals surface area (Å²) in [5, 5.41) is 0.982. The first-order valence-electron chi connectivity index (χ1n) is 12.9. The van der Waals surface area contributed by atoms with Gasteiger partial charge >= 0.3 is 0 Å². The number of ether oxygens (including phenoxy) is 2. The van der Waals surface area contributed by atoms with Gasteiger partial charge in [0.2, 0.25) is 0 Å². The molecule has 5 aromatic carbocycles. The van der Waals surface area contributed by atoms with Gasteiger partial charge in [-0.15, -0.1) is 0 Å². The van der Waals surface area contributed by atoms with Gasteiger partial charge in [-0.25, -0.2) is 4.99 Å². The van der Waals surface area contributed by atoms with E-state index in [2.05, 4.69) is 65.6 Å². The number of aromatic amines is 1. The highest BCUT2D eigenvalue weighted by Crippen LogP contribution is 2.47. The second kappa shape index (κ2) is 10.7. The zero-order chi connectivity index (χ0) is 26.6. The normalized spacial score (nSPS) is 11.5. The summed E-state index contributed by atoms with van der Waals surface area (Å²) in [6.45, 7) is 0. The monoisotopic (exact) mass is 508 g/mol. The number of fused-ring (bicyclic) bond motifs is 1. The van der Waals surface area contributed by atoms with Crippen molar-refractivity contribution in [1.82, 2.24) is 4.98 Å². The van der Waals surface area contributed by atoms with Crippen LogP contribution in [-0.2, 0) is 0 Å². The first-order valence-corrected chi connectivity index (χ1v) is 12.9. The standard InChI is InChI=1S/C35H28N2O2/c1-38-28-23-29(39-2)32(34(26-19-11-5-12-20-26)36-27-21-13-6-14-22-27)35-31(28)30(24-15-7-3-8-16-24)33(37-35)25-17-9-4-10-18-25/h3-23,37H,1-2H3. The Kier molecular flexibility index (Phi) is 6.67. The van der Waals surface area contributed by atoms with Crippen molar-refractivity contribution in [2.45, 2.75) is 0 Å². The summed E-state index contributed by atoms with van der Waals surface area (Å²) in [4.78, 5) is 8.97. The SMILES string of the molecule is COc1cc(OC)c2c(-c3ccccc3)c(-c3ccccc3)[nH]c2c1C(=Nc1ccccc1)c1ccccc1. The molecule has 0 aliphatic heterocycles. The van der Waals surface area contributed by atoms with E-state index in [-0.39, 0.29) is 0 Å². The Labute approximate surface area is 228 Å². The Morgan fingerprint density at radius 1 is 0.615 bits per heavy atom. The molecule has 190 valence electrons. The second-order valence-electron chi connectivity index (χ2n) is 9.18. The summed E-state index contributed by atoms with van der Waals surface area (Å²) < 4.78 is 12.0. The molecule has 0 unspecified atom stereocenters. The van der Waals surface area contributed by atoms with Crippen molar-refractivity contribution in [2.75, 3.05) is 14.2 Å². The molecule has 0 fully saturated rings. The van der Waals surface area contributed by atoms with Crippen molar-refractivity contribution in [3.8, 4) is 33.9 Å². The maximum atomic E-state index is 6.02. The summed E-state index contributed by atoms with van der Waals surface area (Å²) in [6.07, 6.45) is 0. The van der Waals surface area contributed by atoms with Crippen molar-refractivity contribution in [1.29, 1.82) is 0 Å². The van der Waals surface area contributed by atoms with E-state index in [4.69, 9.17) is 14.5 Å². The van der Waals surface area contributed by atoms with Crippen molar-refractivity contribution in [2.24, 2.45) is 4.99 Å². The summed E-state index contributed by atoms with van der Waals surface area (Å²) >= 11 is 0. The first kappa shape index (κ1) is 24.3. The maximum Gasteiger partial charge on any atom is 0.134 e. The number of nitrogens with zero attached hydrogens (tertiary/aromatic N) is 1. The zero-order valence-corrected chi connectivity index (χ0v) is 21.9. The highest BCUT2D eigenvalue weighted by atomic mass is 16.5. The van der Waals surface area contributed by atoms with Crippen LogP contribution in [0.2, 0.25) is 0 Å². The van der Waals surface area contributed by atoms with Crippen LogP contribution in [0.3, 0.4) is 0 Å². The molecule has 0 saturated carbocycles. The highest BCUT2D eigenvalue weighted by Gasteiger charge is 2.26. The molecule has 0 atom stereocenters. The summed E-state index contributed by atoms with van der Waals surface area (Å²) in [7, 11) is 3.39. The molecule has 4 heteroatoms. The van der Waals surface area contributed by atoms with Gasteiger partial charge in [-0.1, -0.05) is 109 Å². The van der Waals surface area contributed by atoms with Crippen molar-refractivity contribution >= 4 is 22.3 Å². The van der Waals surface area contributed by atoms with Crippen LogP contribution in [0.1, 0.15) is 11.1 Å². The molecule has 6 rings (SSSR count). The zero-order valence-electron chi connectivity index (χ0n) is 21.9. The number of methoxy groups -OCH3 is 2. The fourth-order valence-electron chi connectivity index (χ4n) is 5.08. The number of H-pyrrole nitrogens is 1. The van der Waals surface area contributed by atoms with Gasteiger partial charge in [-0.3, -0.25) is 0 Å². The molecule has 1 aromatic heterocycles. The Morgan fingerprint density at radius 2 is 1.15 bits per heavy atom. The van der Waals surface area contributed by atoms with Gasteiger partial charge in [0.25, 0.3) is 0 Å². The number of rotatable bonds is 7. The third kappa shape index (κ3) is 4.57. The van der Waals surface area contributed by atoms with Gasteiger partial charge in [-0.05, 0) is 23.3 Å². The minimum Gasteiger partial charge on any atom is -0.496 e. The lowest BCUT2D eigenvalue weighted by atomic mass is 9.94. The molecule has 0 aliphatic rings. The lowest BCUT2D eigenvalue weighted by Gasteiger charge is -2.16. The minimum absolute atomic E-state index is 0.679. The van der Waals surface area contributed by atoms with Gasteiger partial charge < -0.3 is 14.5 Å². The molecule has 6 aromatic rings. The van der Waals surface area contributed by atoms with Crippen LogP contribution in [-0.4, -0.2) is 24.9 Å². The molecule has 0 saturated heterocycles. The van der Waals surface area contributed by atoms with Crippen LogP contribution in [0.25, 0.3) is 33.3 Å². The molecule has 0 spiro atoms. The van der Waals surface area contributed by atoms with Crippen molar-refractivity contribution in [3.63, 3.8) is 0 Å². The fourth-order valence-corrected chi connectivity index (χ4v) is 5.08. The topological polar surface area (TPSA) is 46.6 Å². The molecular formula is C35H28N2O2. The van der Waals surface area contributed by atoms with E-state index in [9.17, 15) is 0 Å². The molecule has 0 bridgehead atoms. The number of hydrogen-bond acceptors (Lipinski definition) is 3. The predicted octanol–water partition coefficient (Wildman–Crippen LogP) is 8.69. The van der Waals surface area contributed by atoms with Gasteiger partial charge in [0.05, 0.1) is 47.8 Å². The van der Waals surface area contributed by atoms with E-state index < -0.39 is 0 Å². The van der Waals surface area contributed by atoms with Crippen LogP contribution in [0.15, 0.2) is 132 Å². The van der Waals surface area contributed by atoms with Crippen LogP contribution in [0.5, 0.6) is 11.5 Å². The van der Waals surface area contributed by atoms with Crippen LogP contribution >= 0.6 is 0 Å². The third-order valence-electron chi connectivity index (χ3n) is 6.85. The van der Waals surface area contributed by atoms with Crippen molar-refractivity contribution < 1.29 is 9.47 Å². The molecule has 4 nitrogen and oxygen atoms in total. The quantitative estimate of drug-likeness (QED) is 0.219. The molecule has 0 radical (unpaired) electrons. The maximum absolute atomic E-state index is 6.02. The number of para-hydroxylation sites is 1. The average molecular weight is 509 g/mol. The van der Waals surface area contributed by atoms with E-state index >= 15 is 0 Å². The van der Waals surface area contributed by atoms with Gasteiger partial charge in [0.15, 0.2) is 0 Å². The number of hydrogen-bond donors (Lipinski definition) is 1. The second-order valence-corrected chi connectivity index (χ2v) is 9.18. The number of aromatic nitrogens is 1. The molecule has 0 amide bonds. The van der Waals surface area contributed by atoms with Gasteiger partial charge in [0, 0.05) is 17.2 Å². The van der Waals surface area contributed by atoms with E-state index in [1.807, 2.05) is 66.7 Å². The molecule has 1 heterocycles. The number of nitrogens with one attached hydrogen (secondary N) is 1. The minimum atomic E-state index is 0.679. The smallest absolute Gasteiger partial charge is 0.134 e. The fraction of sp³-hybridized carbons (Fsp3) is 0.0571. The molecule has 39 heavy (non-hydrogen) atoms. The van der Waals surface area contributed by atoms with Crippen LogP contribution in [0, 0.1) is 0 Å². The van der Waals surface area contributed by atoms with Gasteiger partial charge in [-0.2, -0.15) is 0 Å². The van der Waals surface area contributed by atoms with E-state index in [1.54, 1.807) is 14.2 Å². The Balaban J connectivity index is 1.77. The third-order valence-corrected chi connectivity index (χ3v) is 6.85. The lowest BCUT2D eigenvalue weighted by molar-refractivity contribution is 0.397. The molecule has 1 N–H and O–H groups in total. The van der Waals surface area contributed by atoms with Gasteiger partial charge in [0.1, 0.15) is 11.5 Å². The summed E-state index contributed by atoms with van der Waals surface area (Å²) in [6, 6.07) is 43.0. The Hall–Kier alpha value is -5.09. The van der Waals surface area contributed by atoms with Crippen molar-refractivity contribution in [3.05, 3.63) is 139 Å². The lowest BCUT2D eigenvalue weighted by Crippen LogP contribution is -2.07. The Morgan fingerprint density at radius 3 is 1.74 bits per heavy atom. The molecular weight excluding hydrogens is 480 g/mol. The van der Waals surface area contributed by atoms with E-state index in [1.165, 1.54) is 0 Å².